The second-order valence-electron chi connectivity index (χ2n) is 13.5. The first-order chi connectivity index (χ1) is 25.7. The molecule has 250 valence electrons. The molecule has 0 saturated carbocycles. The zero-order valence-corrected chi connectivity index (χ0v) is 29.3. The molecule has 3 nitrogen and oxygen atoms in total. The van der Waals surface area contributed by atoms with Gasteiger partial charge in [-0.25, -0.2) is 0 Å². The number of hydrogen-bond donors (Lipinski definition) is 0. The minimum atomic E-state index is 0.745. The molecule has 0 spiro atoms. The molecule has 0 bridgehead atoms. The van der Waals surface area contributed by atoms with Crippen LogP contribution in [0, 0.1) is 0 Å². The van der Waals surface area contributed by atoms with Gasteiger partial charge in [-0.1, -0.05) is 116 Å². The van der Waals surface area contributed by atoms with E-state index in [-0.39, 0.29) is 0 Å². The zero-order chi connectivity index (χ0) is 35.0. The largest absolute Gasteiger partial charge is 0.337 e. The van der Waals surface area contributed by atoms with Crippen LogP contribution < -0.4 is 10.2 Å². The van der Waals surface area contributed by atoms with E-state index >= 15 is 0 Å². The van der Waals surface area contributed by atoms with E-state index in [0.717, 1.165) is 37.3 Å². The van der Waals surface area contributed by atoms with Crippen molar-refractivity contribution in [3.63, 3.8) is 0 Å². The van der Waals surface area contributed by atoms with Crippen LogP contribution in [0.15, 0.2) is 194 Å². The zero-order valence-electron chi connectivity index (χ0n) is 29.3. The van der Waals surface area contributed by atoms with Crippen molar-refractivity contribution < 1.29 is 4.58 Å². The molecule has 0 fully saturated rings. The van der Waals surface area contributed by atoms with E-state index in [4.69, 9.17) is 0 Å². The Morgan fingerprint density at radius 1 is 0.635 bits per heavy atom. The number of rotatable bonds is 10. The summed E-state index contributed by atoms with van der Waals surface area (Å²) >= 11 is 0. The summed E-state index contributed by atoms with van der Waals surface area (Å²) < 4.78 is 4.80. The molecule has 52 heavy (non-hydrogen) atoms. The van der Waals surface area contributed by atoms with Crippen molar-refractivity contribution in [2.24, 2.45) is 0 Å². The van der Waals surface area contributed by atoms with Crippen molar-refractivity contribution in [3.05, 3.63) is 205 Å². The van der Waals surface area contributed by atoms with Gasteiger partial charge in [0.1, 0.15) is 0 Å². The molecule has 0 radical (unpaired) electrons. The number of hydrogen-bond acceptors (Lipinski definition) is 1. The van der Waals surface area contributed by atoms with Crippen LogP contribution in [0.5, 0.6) is 0 Å². The van der Waals surface area contributed by atoms with E-state index in [9.17, 15) is 0 Å². The number of anilines is 2. The smallest absolute Gasteiger partial charge is 0.214 e. The molecule has 0 saturated heterocycles. The van der Waals surface area contributed by atoms with Crippen LogP contribution >= 0.6 is 0 Å². The van der Waals surface area contributed by atoms with E-state index in [0.29, 0.717) is 0 Å². The minimum absolute atomic E-state index is 0.745. The fourth-order valence-corrected chi connectivity index (χ4v) is 8.33. The molecule has 9 rings (SSSR count). The first kappa shape index (κ1) is 31.5. The molecule has 3 heteroatoms. The van der Waals surface area contributed by atoms with E-state index in [1.165, 1.54) is 71.6 Å². The SMILES string of the molecule is C=CCn1/c(=C/C=C2\CCC(/C=C/C3=[N+](CC=C)c4cccc5cccc3c45)=C2N(c2ccccc2)c2ccccc2)c2cccc3cccc1c32. The molecule has 0 unspecified atom stereocenters. The predicted octanol–water partition coefficient (Wildman–Crippen LogP) is 11.3. The Labute approximate surface area is 305 Å². The molecular weight excluding hydrogens is 631 g/mol. The molecule has 1 aromatic heterocycles. The van der Waals surface area contributed by atoms with Crippen LogP contribution in [0.3, 0.4) is 0 Å². The maximum absolute atomic E-state index is 4.11. The molecule has 7 aromatic rings. The van der Waals surface area contributed by atoms with Gasteiger partial charge in [0.2, 0.25) is 11.4 Å². The molecule has 6 aromatic carbocycles. The summed E-state index contributed by atoms with van der Waals surface area (Å²) in [4.78, 5) is 2.44. The summed E-state index contributed by atoms with van der Waals surface area (Å²) in [5, 5.41) is 7.63. The average molecular weight is 671 g/mol. The predicted molar refractivity (Wildman–Crippen MR) is 221 cm³/mol. The molecule has 2 aliphatic rings. The Bertz CT molecular complexity index is 2650. The highest BCUT2D eigenvalue weighted by Gasteiger charge is 2.31. The van der Waals surface area contributed by atoms with E-state index in [2.05, 4.69) is 185 Å². The normalized spacial score (nSPS) is 15.4. The molecular formula is C49H40N3+. The molecule has 0 amide bonds. The summed E-state index contributed by atoms with van der Waals surface area (Å²) in [5.74, 6) is 0. The number of benzene rings is 6. The van der Waals surface area contributed by atoms with Gasteiger partial charge in [0, 0.05) is 51.7 Å². The minimum Gasteiger partial charge on any atom is -0.337 e. The van der Waals surface area contributed by atoms with E-state index < -0.39 is 0 Å². The van der Waals surface area contributed by atoms with Gasteiger partial charge >= 0.3 is 0 Å². The summed E-state index contributed by atoms with van der Waals surface area (Å²) in [5.41, 5.74) is 11.1. The van der Waals surface area contributed by atoms with Crippen molar-refractivity contribution in [3.8, 4) is 0 Å². The molecule has 1 aliphatic heterocycles. The summed E-state index contributed by atoms with van der Waals surface area (Å²) in [7, 11) is 0. The maximum Gasteiger partial charge on any atom is 0.214 e. The monoisotopic (exact) mass is 670 g/mol. The van der Waals surface area contributed by atoms with Gasteiger partial charge in [0.05, 0.1) is 16.6 Å². The van der Waals surface area contributed by atoms with Gasteiger partial charge in [-0.15, -0.1) is 6.58 Å². The fraction of sp³-hybridized carbons (Fsp3) is 0.0816. The van der Waals surface area contributed by atoms with Gasteiger partial charge in [0.25, 0.3) is 0 Å². The van der Waals surface area contributed by atoms with Crippen LogP contribution in [0.1, 0.15) is 18.4 Å². The van der Waals surface area contributed by atoms with Crippen molar-refractivity contribution in [1.29, 1.82) is 0 Å². The third-order valence-corrected chi connectivity index (χ3v) is 10.5. The molecule has 2 heterocycles. The molecule has 1 aliphatic carbocycles. The van der Waals surface area contributed by atoms with Gasteiger partial charge in [-0.3, -0.25) is 0 Å². The Balaban J connectivity index is 1.26. The summed E-state index contributed by atoms with van der Waals surface area (Å²) in [6.45, 7) is 9.72. The molecule has 0 N–H and O–H groups in total. The second-order valence-corrected chi connectivity index (χ2v) is 13.5. The van der Waals surface area contributed by atoms with Crippen LogP contribution in [-0.2, 0) is 6.54 Å². The number of allylic oxidation sites excluding steroid dienone is 6. The number of nitrogens with zero attached hydrogens (tertiary/aromatic N) is 3. The first-order valence-corrected chi connectivity index (χ1v) is 18.2. The lowest BCUT2D eigenvalue weighted by atomic mass is 10.0. The third-order valence-electron chi connectivity index (χ3n) is 10.5. The van der Waals surface area contributed by atoms with Crippen LogP contribution in [0.2, 0.25) is 0 Å². The maximum atomic E-state index is 4.11. The van der Waals surface area contributed by atoms with E-state index in [1.807, 2.05) is 12.2 Å². The lowest BCUT2D eigenvalue weighted by Gasteiger charge is -2.28. The Morgan fingerprint density at radius 3 is 2.02 bits per heavy atom. The highest BCUT2D eigenvalue weighted by atomic mass is 15.2. The van der Waals surface area contributed by atoms with Crippen molar-refractivity contribution in [1.82, 2.24) is 4.57 Å². The van der Waals surface area contributed by atoms with Crippen LogP contribution in [0.4, 0.5) is 17.1 Å². The van der Waals surface area contributed by atoms with Gasteiger partial charge < -0.3 is 9.47 Å². The third kappa shape index (κ3) is 5.25. The quantitative estimate of drug-likeness (QED) is 0.104. The lowest BCUT2D eigenvalue weighted by Crippen LogP contribution is -2.18. The highest BCUT2D eigenvalue weighted by Crippen LogP contribution is 2.42. The van der Waals surface area contributed by atoms with Crippen LogP contribution in [-0.4, -0.2) is 21.4 Å². The van der Waals surface area contributed by atoms with Gasteiger partial charge in [-0.05, 0) is 83.3 Å². The first-order valence-electron chi connectivity index (χ1n) is 18.2. The molecule has 0 atom stereocenters. The van der Waals surface area contributed by atoms with Crippen molar-refractivity contribution >= 4 is 61.3 Å². The average Bonchev–Trinajstić information content (AvgIpc) is 3.83. The number of aromatic nitrogens is 1. The second kappa shape index (κ2) is 13.4. The Hall–Kier alpha value is -6.45. The van der Waals surface area contributed by atoms with Crippen molar-refractivity contribution in [2.45, 2.75) is 19.4 Å². The van der Waals surface area contributed by atoms with Gasteiger partial charge in [0.15, 0.2) is 6.54 Å². The lowest BCUT2D eigenvalue weighted by molar-refractivity contribution is -0.423. The number of para-hydroxylation sites is 2. The summed E-state index contributed by atoms with van der Waals surface area (Å²) in [6, 6.07) is 48.0. The van der Waals surface area contributed by atoms with Gasteiger partial charge in [-0.2, -0.15) is 4.58 Å². The summed E-state index contributed by atoms with van der Waals surface area (Å²) in [6.07, 6.45) is 15.3. The van der Waals surface area contributed by atoms with Crippen LogP contribution in [0.25, 0.3) is 38.5 Å². The fourth-order valence-electron chi connectivity index (χ4n) is 8.33. The Kier molecular flexibility index (Phi) is 8.09. The highest BCUT2D eigenvalue weighted by molar-refractivity contribution is 6.19. The topological polar surface area (TPSA) is 11.2 Å². The van der Waals surface area contributed by atoms with Crippen molar-refractivity contribution in [2.75, 3.05) is 11.4 Å². The van der Waals surface area contributed by atoms with E-state index in [1.54, 1.807) is 0 Å². The standard InChI is InChI=1S/C49H40N3/c1-3-33-50-43(41-23-11-15-35-17-13-25-45(50)47(35)41)31-29-37-27-28-38(49(37)52(39-19-7-5-8-20-39)40-21-9-6-10-22-40)30-32-44-42-24-12-16-36-18-14-26-46(48(36)42)51(44)34-4-2/h3-26,29-32H,1-2,27-28,33-34H2/q+1. The Morgan fingerprint density at radius 2 is 1.31 bits per heavy atom.